The second-order valence-electron chi connectivity index (χ2n) is 5.13. The van der Waals surface area contributed by atoms with E-state index in [-0.39, 0.29) is 5.41 Å². The Hall–Kier alpha value is -0.710. The van der Waals surface area contributed by atoms with Crippen LogP contribution in [0.1, 0.15) is 41.9 Å². The summed E-state index contributed by atoms with van der Waals surface area (Å²) in [6.07, 6.45) is 0.913. The zero-order valence-corrected chi connectivity index (χ0v) is 12.1. The highest BCUT2D eigenvalue weighted by Crippen LogP contribution is 2.26. The maximum absolute atomic E-state index is 5.72. The van der Waals surface area contributed by atoms with Crippen molar-refractivity contribution in [2.45, 2.75) is 39.2 Å². The van der Waals surface area contributed by atoms with Gasteiger partial charge < -0.3 is 5.73 Å². The number of aromatic nitrogens is 1. The van der Waals surface area contributed by atoms with Crippen LogP contribution in [0.3, 0.4) is 0 Å². The molecule has 0 unspecified atom stereocenters. The van der Waals surface area contributed by atoms with E-state index in [9.17, 15) is 0 Å². The first kappa shape index (κ1) is 12.7. The van der Waals surface area contributed by atoms with Gasteiger partial charge in [0.15, 0.2) is 0 Å². The lowest BCUT2D eigenvalue weighted by Gasteiger charge is -2.14. The van der Waals surface area contributed by atoms with E-state index in [0.29, 0.717) is 6.54 Å². The molecule has 2 heterocycles. The highest BCUT2D eigenvalue weighted by molar-refractivity contribution is 7.10. The second-order valence-corrected chi connectivity index (χ2v) is 7.07. The number of hydrogen-bond acceptors (Lipinski definition) is 4. The lowest BCUT2D eigenvalue weighted by Crippen LogP contribution is -2.11. The van der Waals surface area contributed by atoms with Gasteiger partial charge in [0.05, 0.1) is 10.7 Å². The summed E-state index contributed by atoms with van der Waals surface area (Å²) >= 11 is 3.48. The minimum Gasteiger partial charge on any atom is -0.326 e. The van der Waals surface area contributed by atoms with Gasteiger partial charge in [0.1, 0.15) is 0 Å². The summed E-state index contributed by atoms with van der Waals surface area (Å²) in [6, 6.07) is 2.16. The number of thiazole rings is 1. The summed E-state index contributed by atoms with van der Waals surface area (Å²) in [6.45, 7) is 7.22. The third-order valence-electron chi connectivity index (χ3n) is 2.68. The smallest absolute Gasteiger partial charge is 0.0972 e. The van der Waals surface area contributed by atoms with Crippen LogP contribution in [-0.4, -0.2) is 4.98 Å². The topological polar surface area (TPSA) is 38.9 Å². The predicted octanol–water partition coefficient (Wildman–Crippen LogP) is 3.55. The molecule has 0 saturated heterocycles. The minimum absolute atomic E-state index is 0.139. The number of hydrogen-bond donors (Lipinski definition) is 1. The molecule has 17 heavy (non-hydrogen) atoms. The highest BCUT2D eigenvalue weighted by atomic mass is 32.1. The van der Waals surface area contributed by atoms with Gasteiger partial charge in [-0.15, -0.1) is 22.7 Å². The molecular formula is C13H18N2S2. The highest BCUT2D eigenvalue weighted by Gasteiger charge is 2.17. The van der Waals surface area contributed by atoms with Crippen molar-refractivity contribution in [3.05, 3.63) is 38.0 Å². The Morgan fingerprint density at radius 2 is 2.06 bits per heavy atom. The molecule has 2 N–H and O–H groups in total. The third-order valence-corrected chi connectivity index (χ3v) is 4.52. The average Bonchev–Trinajstić information content (AvgIpc) is 2.86. The Bertz CT molecular complexity index is 491. The summed E-state index contributed by atoms with van der Waals surface area (Å²) in [7, 11) is 0. The Morgan fingerprint density at radius 3 is 2.65 bits per heavy atom. The van der Waals surface area contributed by atoms with Gasteiger partial charge in [0.2, 0.25) is 0 Å². The molecule has 0 spiro atoms. The third kappa shape index (κ3) is 2.94. The maximum atomic E-state index is 5.72. The zero-order valence-electron chi connectivity index (χ0n) is 10.5. The van der Waals surface area contributed by atoms with Gasteiger partial charge in [-0.2, -0.15) is 0 Å². The van der Waals surface area contributed by atoms with E-state index >= 15 is 0 Å². The van der Waals surface area contributed by atoms with Crippen molar-refractivity contribution in [1.82, 2.24) is 4.98 Å². The van der Waals surface area contributed by atoms with Gasteiger partial charge in [-0.3, -0.25) is 0 Å². The second kappa shape index (κ2) is 4.88. The summed E-state index contributed by atoms with van der Waals surface area (Å²) in [5, 5.41) is 5.46. The maximum Gasteiger partial charge on any atom is 0.0972 e. The Balaban J connectivity index is 2.17. The van der Waals surface area contributed by atoms with Crippen LogP contribution in [0.25, 0.3) is 0 Å². The first-order chi connectivity index (χ1) is 8.00. The van der Waals surface area contributed by atoms with E-state index in [0.717, 1.165) is 6.42 Å². The summed E-state index contributed by atoms with van der Waals surface area (Å²) in [5.41, 5.74) is 8.36. The average molecular weight is 266 g/mol. The van der Waals surface area contributed by atoms with Crippen molar-refractivity contribution in [2.24, 2.45) is 5.73 Å². The van der Waals surface area contributed by atoms with E-state index in [1.54, 1.807) is 22.7 Å². The Morgan fingerprint density at radius 1 is 1.29 bits per heavy atom. The van der Waals surface area contributed by atoms with Gasteiger partial charge in [0.25, 0.3) is 0 Å². The van der Waals surface area contributed by atoms with Crippen molar-refractivity contribution in [2.75, 3.05) is 0 Å². The van der Waals surface area contributed by atoms with Gasteiger partial charge in [-0.25, -0.2) is 4.98 Å². The number of nitrogens with zero attached hydrogens (tertiary/aromatic N) is 1. The Kier molecular flexibility index (Phi) is 3.66. The van der Waals surface area contributed by atoms with Crippen LogP contribution in [0.2, 0.25) is 0 Å². The fraction of sp³-hybridized carbons (Fsp3) is 0.462. The normalized spacial score (nSPS) is 12.0. The molecule has 0 fully saturated rings. The first-order valence-electron chi connectivity index (χ1n) is 5.71. The quantitative estimate of drug-likeness (QED) is 0.922. The molecule has 2 aromatic rings. The molecule has 0 amide bonds. The van der Waals surface area contributed by atoms with Crippen molar-refractivity contribution >= 4 is 22.7 Å². The molecule has 2 aromatic heterocycles. The fourth-order valence-electron chi connectivity index (χ4n) is 1.60. The Labute approximate surface area is 111 Å². The number of rotatable bonds is 3. The van der Waals surface area contributed by atoms with Crippen molar-refractivity contribution < 1.29 is 0 Å². The molecule has 2 nitrogen and oxygen atoms in total. The first-order valence-corrected chi connectivity index (χ1v) is 7.47. The lowest BCUT2D eigenvalue weighted by molar-refractivity contribution is 0.571. The monoisotopic (exact) mass is 266 g/mol. The van der Waals surface area contributed by atoms with Crippen molar-refractivity contribution in [3.8, 4) is 0 Å². The van der Waals surface area contributed by atoms with Crippen LogP contribution < -0.4 is 5.73 Å². The van der Waals surface area contributed by atoms with E-state index < -0.39 is 0 Å². The number of thiophene rings is 1. The largest absolute Gasteiger partial charge is 0.326 e. The predicted molar refractivity (Wildman–Crippen MR) is 75.8 cm³/mol. The van der Waals surface area contributed by atoms with Crippen LogP contribution in [0.15, 0.2) is 16.8 Å². The van der Waals surface area contributed by atoms with Gasteiger partial charge >= 0.3 is 0 Å². The zero-order chi connectivity index (χ0) is 12.5. The molecular weight excluding hydrogens is 248 g/mol. The van der Waals surface area contributed by atoms with Crippen LogP contribution in [0.5, 0.6) is 0 Å². The summed E-state index contributed by atoms with van der Waals surface area (Å²) < 4.78 is 0. The van der Waals surface area contributed by atoms with Crippen LogP contribution in [0, 0.1) is 0 Å². The molecule has 0 aliphatic rings. The molecule has 0 aliphatic heterocycles. The molecule has 2 rings (SSSR count). The molecule has 0 aromatic carbocycles. The van der Waals surface area contributed by atoms with E-state index in [1.165, 1.54) is 21.1 Å². The molecule has 4 heteroatoms. The molecule has 0 aliphatic carbocycles. The van der Waals surface area contributed by atoms with E-state index in [4.69, 9.17) is 10.7 Å². The van der Waals surface area contributed by atoms with Crippen LogP contribution >= 0.6 is 22.7 Å². The van der Waals surface area contributed by atoms with Crippen molar-refractivity contribution in [3.63, 3.8) is 0 Å². The number of nitrogens with two attached hydrogens (primary N) is 1. The molecule has 0 atom stereocenters. The van der Waals surface area contributed by atoms with Crippen LogP contribution in [-0.2, 0) is 18.4 Å². The standard InChI is InChI=1S/C13H18N2S2/c1-13(2,3)11-8-17-12(15-11)6-9-4-5-16-10(9)7-14/h4-5,8H,6-7,14H2,1-3H3. The summed E-state index contributed by atoms with van der Waals surface area (Å²) in [5.74, 6) is 0. The lowest BCUT2D eigenvalue weighted by atomic mass is 9.93. The van der Waals surface area contributed by atoms with E-state index in [2.05, 4.69) is 37.6 Å². The van der Waals surface area contributed by atoms with E-state index in [1.807, 2.05) is 0 Å². The van der Waals surface area contributed by atoms with Gasteiger partial charge in [-0.1, -0.05) is 20.8 Å². The molecule has 92 valence electrons. The van der Waals surface area contributed by atoms with Crippen molar-refractivity contribution in [1.29, 1.82) is 0 Å². The SMILES string of the molecule is CC(C)(C)c1csc(Cc2ccsc2CN)n1. The van der Waals surface area contributed by atoms with Gasteiger partial charge in [-0.05, 0) is 17.0 Å². The minimum atomic E-state index is 0.139. The molecule has 0 saturated carbocycles. The summed E-state index contributed by atoms with van der Waals surface area (Å²) in [4.78, 5) is 5.99. The van der Waals surface area contributed by atoms with Gasteiger partial charge in [0, 0.05) is 28.6 Å². The molecule has 0 radical (unpaired) electrons. The fourth-order valence-corrected chi connectivity index (χ4v) is 3.43. The van der Waals surface area contributed by atoms with Crippen LogP contribution in [0.4, 0.5) is 0 Å². The molecule has 0 bridgehead atoms.